The van der Waals surface area contributed by atoms with Crippen LogP contribution in [0.15, 0.2) is 49.2 Å². The minimum Gasteiger partial charge on any atom is -0.375 e. The van der Waals surface area contributed by atoms with Crippen molar-refractivity contribution >= 4 is 28.2 Å². The molecule has 0 spiro atoms. The van der Waals surface area contributed by atoms with Gasteiger partial charge in [-0.2, -0.15) is 0 Å². The molecular weight excluding hydrogens is 306 g/mol. The van der Waals surface area contributed by atoms with Gasteiger partial charge in [0.2, 0.25) is 0 Å². The second-order valence-electron chi connectivity index (χ2n) is 5.99. The lowest BCUT2D eigenvalue weighted by atomic mass is 9.91. The molecular formula is C19H18ClN3. The monoisotopic (exact) mass is 323 g/mol. The maximum Gasteiger partial charge on any atom is 0.0854 e. The second-order valence-corrected chi connectivity index (χ2v) is 6.43. The van der Waals surface area contributed by atoms with Gasteiger partial charge in [0, 0.05) is 27.8 Å². The first-order valence-electron chi connectivity index (χ1n) is 7.89. The van der Waals surface area contributed by atoms with E-state index in [9.17, 15) is 0 Å². The van der Waals surface area contributed by atoms with Crippen LogP contribution in [0.4, 0.5) is 0 Å². The Morgan fingerprint density at radius 1 is 1.30 bits per heavy atom. The van der Waals surface area contributed by atoms with Gasteiger partial charge in [-0.1, -0.05) is 24.2 Å². The SMILES string of the molecule is C=C(N[C@@H]1CCCc2c1[nH]c1ccc(Cl)cc21)c1ccccn1. The van der Waals surface area contributed by atoms with E-state index in [1.54, 1.807) is 6.20 Å². The lowest BCUT2D eigenvalue weighted by Gasteiger charge is -2.25. The predicted molar refractivity (Wildman–Crippen MR) is 95.4 cm³/mol. The van der Waals surface area contributed by atoms with Gasteiger partial charge in [-0.3, -0.25) is 4.98 Å². The molecule has 0 bridgehead atoms. The molecule has 1 aromatic carbocycles. The summed E-state index contributed by atoms with van der Waals surface area (Å²) in [5.74, 6) is 0. The first-order valence-corrected chi connectivity index (χ1v) is 8.27. The van der Waals surface area contributed by atoms with Crippen molar-refractivity contribution in [3.8, 4) is 0 Å². The van der Waals surface area contributed by atoms with Gasteiger partial charge in [0.15, 0.2) is 0 Å². The molecule has 0 saturated carbocycles. The Bertz CT molecular complexity index is 867. The summed E-state index contributed by atoms with van der Waals surface area (Å²) in [6.45, 7) is 4.15. The number of H-pyrrole nitrogens is 1. The Labute approximate surface area is 140 Å². The van der Waals surface area contributed by atoms with Gasteiger partial charge in [0.25, 0.3) is 0 Å². The molecule has 4 heteroatoms. The Morgan fingerprint density at radius 3 is 3.04 bits per heavy atom. The van der Waals surface area contributed by atoms with Gasteiger partial charge in [-0.15, -0.1) is 0 Å². The normalized spacial score (nSPS) is 17.0. The van der Waals surface area contributed by atoms with Crippen LogP contribution in [0, 0.1) is 0 Å². The number of aromatic amines is 1. The smallest absolute Gasteiger partial charge is 0.0854 e. The van der Waals surface area contributed by atoms with Crippen LogP contribution in [0.1, 0.15) is 35.8 Å². The van der Waals surface area contributed by atoms with Crippen molar-refractivity contribution < 1.29 is 0 Å². The third kappa shape index (κ3) is 2.62. The van der Waals surface area contributed by atoms with Crippen LogP contribution in [-0.2, 0) is 6.42 Å². The largest absolute Gasteiger partial charge is 0.375 e. The van der Waals surface area contributed by atoms with Crippen LogP contribution < -0.4 is 5.32 Å². The van der Waals surface area contributed by atoms with E-state index < -0.39 is 0 Å². The maximum absolute atomic E-state index is 6.17. The molecule has 2 N–H and O–H groups in total. The molecule has 3 nitrogen and oxygen atoms in total. The summed E-state index contributed by atoms with van der Waals surface area (Å²) >= 11 is 6.17. The van der Waals surface area contributed by atoms with Crippen molar-refractivity contribution in [3.63, 3.8) is 0 Å². The third-order valence-electron chi connectivity index (χ3n) is 4.49. The van der Waals surface area contributed by atoms with Gasteiger partial charge >= 0.3 is 0 Å². The molecule has 0 aliphatic heterocycles. The summed E-state index contributed by atoms with van der Waals surface area (Å²) in [6.07, 6.45) is 5.11. The minimum absolute atomic E-state index is 0.236. The first-order chi connectivity index (χ1) is 11.2. The van der Waals surface area contributed by atoms with Crippen molar-refractivity contribution in [1.82, 2.24) is 15.3 Å². The summed E-state index contributed by atoms with van der Waals surface area (Å²) in [7, 11) is 0. The lowest BCUT2D eigenvalue weighted by molar-refractivity contribution is 0.512. The van der Waals surface area contributed by atoms with Crippen LogP contribution in [-0.4, -0.2) is 9.97 Å². The molecule has 1 aliphatic rings. The zero-order valence-electron chi connectivity index (χ0n) is 12.8. The molecule has 2 aromatic heterocycles. The quantitative estimate of drug-likeness (QED) is 0.723. The van der Waals surface area contributed by atoms with E-state index in [2.05, 4.69) is 34.0 Å². The number of hydrogen-bond donors (Lipinski definition) is 2. The average molecular weight is 324 g/mol. The molecule has 0 amide bonds. The van der Waals surface area contributed by atoms with Gasteiger partial charge < -0.3 is 10.3 Å². The van der Waals surface area contributed by atoms with Crippen LogP contribution in [0.5, 0.6) is 0 Å². The number of halogens is 1. The molecule has 4 rings (SSSR count). The number of aryl methyl sites for hydroxylation is 1. The summed E-state index contributed by atoms with van der Waals surface area (Å²) < 4.78 is 0. The molecule has 116 valence electrons. The van der Waals surface area contributed by atoms with E-state index in [1.165, 1.54) is 16.6 Å². The second kappa shape index (κ2) is 5.74. The molecule has 1 atom stereocenters. The molecule has 1 aliphatic carbocycles. The van der Waals surface area contributed by atoms with Gasteiger partial charge in [-0.25, -0.2) is 0 Å². The van der Waals surface area contributed by atoms with Gasteiger partial charge in [0.1, 0.15) is 0 Å². The Morgan fingerprint density at radius 2 is 2.22 bits per heavy atom. The highest BCUT2D eigenvalue weighted by molar-refractivity contribution is 6.31. The highest BCUT2D eigenvalue weighted by Gasteiger charge is 2.24. The summed E-state index contributed by atoms with van der Waals surface area (Å²) in [5.41, 5.74) is 5.53. The molecule has 0 fully saturated rings. The first kappa shape index (κ1) is 14.3. The summed E-state index contributed by atoms with van der Waals surface area (Å²) in [6, 6.07) is 12.1. The number of nitrogens with one attached hydrogen (secondary N) is 2. The fraction of sp³-hybridized carbons (Fsp3) is 0.211. The standard InChI is InChI=1S/C19H18ClN3/c1-12(16-6-2-3-10-21-16)22-18-7-4-5-14-15-11-13(20)8-9-17(15)23-19(14)18/h2-3,6,8-11,18,22-23H,1,4-5,7H2/t18-/m1/s1. The number of aromatic nitrogens is 2. The highest BCUT2D eigenvalue weighted by atomic mass is 35.5. The van der Waals surface area contributed by atoms with Crippen molar-refractivity contribution in [2.24, 2.45) is 0 Å². The molecule has 0 radical (unpaired) electrons. The Balaban J connectivity index is 1.68. The van der Waals surface area contributed by atoms with E-state index in [1.807, 2.05) is 24.3 Å². The van der Waals surface area contributed by atoms with Crippen molar-refractivity contribution in [3.05, 3.63) is 71.1 Å². The van der Waals surface area contributed by atoms with Gasteiger partial charge in [-0.05, 0) is 55.2 Å². The fourth-order valence-electron chi connectivity index (χ4n) is 3.40. The molecule has 3 aromatic rings. The van der Waals surface area contributed by atoms with Crippen LogP contribution in [0.3, 0.4) is 0 Å². The molecule has 0 saturated heterocycles. The number of nitrogens with zero attached hydrogens (tertiary/aromatic N) is 1. The lowest BCUT2D eigenvalue weighted by Crippen LogP contribution is -2.24. The van der Waals surface area contributed by atoms with Crippen LogP contribution in [0.25, 0.3) is 16.6 Å². The number of rotatable bonds is 3. The predicted octanol–water partition coefficient (Wildman–Crippen LogP) is 4.85. The van der Waals surface area contributed by atoms with Crippen molar-refractivity contribution in [2.45, 2.75) is 25.3 Å². The third-order valence-corrected chi connectivity index (χ3v) is 4.73. The van der Waals surface area contributed by atoms with E-state index in [-0.39, 0.29) is 6.04 Å². The molecule has 2 heterocycles. The number of fused-ring (bicyclic) bond motifs is 3. The topological polar surface area (TPSA) is 40.7 Å². The van der Waals surface area contributed by atoms with E-state index in [0.29, 0.717) is 0 Å². The fourth-order valence-corrected chi connectivity index (χ4v) is 3.58. The number of hydrogen-bond acceptors (Lipinski definition) is 2. The Hall–Kier alpha value is -2.26. The zero-order valence-corrected chi connectivity index (χ0v) is 13.5. The van der Waals surface area contributed by atoms with Crippen molar-refractivity contribution in [1.29, 1.82) is 0 Å². The van der Waals surface area contributed by atoms with Gasteiger partial charge in [0.05, 0.1) is 17.4 Å². The van der Waals surface area contributed by atoms with E-state index in [0.717, 1.165) is 41.2 Å². The van der Waals surface area contributed by atoms with E-state index in [4.69, 9.17) is 11.6 Å². The molecule has 23 heavy (non-hydrogen) atoms. The minimum atomic E-state index is 0.236. The van der Waals surface area contributed by atoms with E-state index >= 15 is 0 Å². The van der Waals surface area contributed by atoms with Crippen LogP contribution >= 0.6 is 11.6 Å². The summed E-state index contributed by atoms with van der Waals surface area (Å²) in [4.78, 5) is 7.93. The highest BCUT2D eigenvalue weighted by Crippen LogP contribution is 2.36. The number of pyridine rings is 1. The zero-order chi connectivity index (χ0) is 15.8. The maximum atomic E-state index is 6.17. The number of benzene rings is 1. The van der Waals surface area contributed by atoms with Crippen LogP contribution in [0.2, 0.25) is 5.02 Å². The Kier molecular flexibility index (Phi) is 3.58. The summed E-state index contributed by atoms with van der Waals surface area (Å²) in [5, 5.41) is 5.57. The molecule has 0 unspecified atom stereocenters. The average Bonchev–Trinajstić information content (AvgIpc) is 2.95. The van der Waals surface area contributed by atoms with Crippen molar-refractivity contribution in [2.75, 3.05) is 0 Å².